The number of carbonyl (C=O) groups is 2. The third-order valence-corrected chi connectivity index (χ3v) is 3.90. The molecule has 0 aromatic rings. The van der Waals surface area contributed by atoms with Crippen LogP contribution in [0.2, 0.25) is 0 Å². The summed E-state index contributed by atoms with van der Waals surface area (Å²) >= 11 is 0. The first kappa shape index (κ1) is 14.1. The molecule has 7 nitrogen and oxygen atoms in total. The molecule has 2 fully saturated rings. The van der Waals surface area contributed by atoms with Crippen LogP contribution >= 0.6 is 0 Å². The summed E-state index contributed by atoms with van der Waals surface area (Å²) in [5.74, 6) is -1.54. The van der Waals surface area contributed by atoms with Gasteiger partial charge in [-0.3, -0.25) is 4.79 Å². The van der Waals surface area contributed by atoms with Gasteiger partial charge in [0.05, 0.1) is 25.4 Å². The van der Waals surface area contributed by atoms with Crippen molar-refractivity contribution in [3.63, 3.8) is 0 Å². The number of carboxylic acids is 1. The largest absolute Gasteiger partial charge is 0.481 e. The predicted octanol–water partition coefficient (Wildman–Crippen LogP) is -0.502. The summed E-state index contributed by atoms with van der Waals surface area (Å²) in [6.07, 6.45) is 0.341. The monoisotopic (exact) mass is 272 g/mol. The van der Waals surface area contributed by atoms with Gasteiger partial charge in [-0.15, -0.1) is 0 Å². The van der Waals surface area contributed by atoms with Crippen LogP contribution in [0.4, 0.5) is 4.79 Å². The van der Waals surface area contributed by atoms with E-state index in [-0.39, 0.29) is 25.2 Å². The third-order valence-electron chi connectivity index (χ3n) is 3.90. The van der Waals surface area contributed by atoms with Crippen molar-refractivity contribution in [1.29, 1.82) is 0 Å². The van der Waals surface area contributed by atoms with E-state index in [0.717, 1.165) is 6.42 Å². The number of hydrogen-bond donors (Lipinski definition) is 3. The van der Waals surface area contributed by atoms with E-state index in [4.69, 9.17) is 9.84 Å². The van der Waals surface area contributed by atoms with Crippen molar-refractivity contribution in [1.82, 2.24) is 10.2 Å². The summed E-state index contributed by atoms with van der Waals surface area (Å²) in [6.45, 7) is 3.19. The summed E-state index contributed by atoms with van der Waals surface area (Å²) in [5.41, 5.74) is 0. The molecule has 2 heterocycles. The maximum Gasteiger partial charge on any atom is 0.317 e. The van der Waals surface area contributed by atoms with Crippen molar-refractivity contribution >= 4 is 12.0 Å². The smallest absolute Gasteiger partial charge is 0.317 e. The molecule has 2 aliphatic heterocycles. The van der Waals surface area contributed by atoms with Crippen molar-refractivity contribution < 1.29 is 24.5 Å². The van der Waals surface area contributed by atoms with Crippen LogP contribution in [0.1, 0.15) is 13.3 Å². The Hall–Kier alpha value is -1.34. The highest BCUT2D eigenvalue weighted by Gasteiger charge is 2.37. The lowest BCUT2D eigenvalue weighted by Gasteiger charge is -2.22. The summed E-state index contributed by atoms with van der Waals surface area (Å²) in [4.78, 5) is 24.6. The van der Waals surface area contributed by atoms with Gasteiger partial charge >= 0.3 is 12.0 Å². The van der Waals surface area contributed by atoms with Gasteiger partial charge in [0.15, 0.2) is 0 Å². The zero-order valence-corrected chi connectivity index (χ0v) is 10.9. The maximum absolute atomic E-state index is 12.0. The molecule has 0 radical (unpaired) electrons. The van der Waals surface area contributed by atoms with Crippen LogP contribution < -0.4 is 5.32 Å². The fourth-order valence-electron chi connectivity index (χ4n) is 2.56. The number of rotatable bonds is 3. The van der Waals surface area contributed by atoms with Crippen LogP contribution in [0.3, 0.4) is 0 Å². The highest BCUT2D eigenvalue weighted by Crippen LogP contribution is 2.20. The van der Waals surface area contributed by atoms with Gasteiger partial charge in [-0.1, -0.05) is 0 Å². The van der Waals surface area contributed by atoms with E-state index in [9.17, 15) is 14.7 Å². The predicted molar refractivity (Wildman–Crippen MR) is 65.6 cm³/mol. The Labute approximate surface area is 111 Å². The number of carbonyl (C=O) groups excluding carboxylic acids is 1. The van der Waals surface area contributed by atoms with Crippen LogP contribution in [-0.2, 0) is 9.53 Å². The Balaban J connectivity index is 1.86. The Morgan fingerprint density at radius 3 is 2.74 bits per heavy atom. The molecule has 2 rings (SSSR count). The van der Waals surface area contributed by atoms with E-state index in [0.29, 0.717) is 13.1 Å². The summed E-state index contributed by atoms with van der Waals surface area (Å²) in [7, 11) is 0. The Morgan fingerprint density at radius 2 is 2.16 bits per heavy atom. The second-order valence-electron chi connectivity index (χ2n) is 5.27. The second-order valence-corrected chi connectivity index (χ2v) is 5.27. The molecule has 2 saturated heterocycles. The molecule has 4 atom stereocenters. The van der Waals surface area contributed by atoms with E-state index in [1.165, 1.54) is 0 Å². The molecule has 0 spiro atoms. The molecule has 2 amide bonds. The number of amides is 2. The van der Waals surface area contributed by atoms with Crippen LogP contribution in [0.25, 0.3) is 0 Å². The van der Waals surface area contributed by atoms with E-state index >= 15 is 0 Å². The molecular formula is C12H20N2O5. The average molecular weight is 272 g/mol. The van der Waals surface area contributed by atoms with Crippen LogP contribution in [0, 0.1) is 11.8 Å². The lowest BCUT2D eigenvalue weighted by Crippen LogP contribution is -2.48. The SMILES string of the molecule is CC(O)C1CCN(C(=O)NC2COCC2C(=O)O)C1. The van der Waals surface area contributed by atoms with Gasteiger partial charge in [0.1, 0.15) is 5.92 Å². The number of ether oxygens (including phenoxy) is 1. The zero-order chi connectivity index (χ0) is 14.0. The van der Waals surface area contributed by atoms with Crippen molar-refractivity contribution in [3.05, 3.63) is 0 Å². The molecule has 0 saturated carbocycles. The lowest BCUT2D eigenvalue weighted by atomic mass is 10.0. The highest BCUT2D eigenvalue weighted by molar-refractivity contribution is 5.77. The number of nitrogens with one attached hydrogen (secondary N) is 1. The summed E-state index contributed by atoms with van der Waals surface area (Å²) < 4.78 is 5.10. The number of urea groups is 1. The van der Waals surface area contributed by atoms with Crippen molar-refractivity contribution in [3.8, 4) is 0 Å². The van der Waals surface area contributed by atoms with E-state index < -0.39 is 24.0 Å². The highest BCUT2D eigenvalue weighted by atomic mass is 16.5. The Bertz CT molecular complexity index is 360. The summed E-state index contributed by atoms with van der Waals surface area (Å²) in [5, 5.41) is 21.2. The van der Waals surface area contributed by atoms with Crippen molar-refractivity contribution in [2.24, 2.45) is 11.8 Å². The van der Waals surface area contributed by atoms with Gasteiger partial charge in [0, 0.05) is 19.0 Å². The molecule has 19 heavy (non-hydrogen) atoms. The molecule has 0 aliphatic carbocycles. The van der Waals surface area contributed by atoms with E-state index in [1.807, 2.05) is 0 Å². The molecule has 7 heteroatoms. The Kier molecular flexibility index (Phi) is 4.26. The van der Waals surface area contributed by atoms with Crippen molar-refractivity contribution in [2.45, 2.75) is 25.5 Å². The van der Waals surface area contributed by atoms with Gasteiger partial charge in [0.25, 0.3) is 0 Å². The second kappa shape index (κ2) is 5.75. The molecule has 0 aromatic heterocycles. The maximum atomic E-state index is 12.0. The first-order valence-corrected chi connectivity index (χ1v) is 6.53. The van der Waals surface area contributed by atoms with Crippen LogP contribution in [0.15, 0.2) is 0 Å². The number of hydrogen-bond acceptors (Lipinski definition) is 4. The number of carboxylic acid groups (broad SMARTS) is 1. The van der Waals surface area contributed by atoms with Gasteiger partial charge in [0.2, 0.25) is 0 Å². The molecule has 2 aliphatic rings. The first-order valence-electron chi connectivity index (χ1n) is 6.53. The third kappa shape index (κ3) is 3.16. The van der Waals surface area contributed by atoms with E-state index in [1.54, 1.807) is 11.8 Å². The average Bonchev–Trinajstić information content (AvgIpc) is 2.96. The Morgan fingerprint density at radius 1 is 1.42 bits per heavy atom. The van der Waals surface area contributed by atoms with Gasteiger partial charge < -0.3 is 25.2 Å². The van der Waals surface area contributed by atoms with Gasteiger partial charge in [-0.25, -0.2) is 4.79 Å². The molecule has 3 N–H and O–H groups in total. The number of aliphatic carboxylic acids is 1. The quantitative estimate of drug-likeness (QED) is 0.643. The minimum atomic E-state index is -0.953. The first-order chi connectivity index (χ1) is 8.99. The fraction of sp³-hybridized carbons (Fsp3) is 0.833. The van der Waals surface area contributed by atoms with Crippen LogP contribution in [0.5, 0.6) is 0 Å². The summed E-state index contributed by atoms with van der Waals surface area (Å²) in [6, 6.07) is -0.750. The zero-order valence-electron chi connectivity index (χ0n) is 10.9. The standard InChI is InChI=1S/C12H20N2O5/c1-7(15)8-2-3-14(4-8)12(18)13-10-6-19-5-9(10)11(16)17/h7-10,15H,2-6H2,1H3,(H,13,18)(H,16,17). The van der Waals surface area contributed by atoms with Crippen LogP contribution in [-0.4, -0.2) is 65.6 Å². The molecular weight excluding hydrogens is 252 g/mol. The number of aliphatic hydroxyl groups excluding tert-OH is 1. The normalized spacial score (nSPS) is 32.3. The minimum Gasteiger partial charge on any atom is -0.481 e. The minimum absolute atomic E-state index is 0.0980. The number of aliphatic hydroxyl groups is 1. The van der Waals surface area contributed by atoms with E-state index in [2.05, 4.69) is 5.32 Å². The number of likely N-dealkylation sites (tertiary alicyclic amines) is 1. The van der Waals surface area contributed by atoms with Crippen molar-refractivity contribution in [2.75, 3.05) is 26.3 Å². The van der Waals surface area contributed by atoms with Gasteiger partial charge in [-0.05, 0) is 13.3 Å². The van der Waals surface area contributed by atoms with Gasteiger partial charge in [-0.2, -0.15) is 0 Å². The molecule has 0 bridgehead atoms. The molecule has 0 aromatic carbocycles. The molecule has 4 unspecified atom stereocenters. The lowest BCUT2D eigenvalue weighted by molar-refractivity contribution is -0.142. The number of nitrogens with zero attached hydrogens (tertiary/aromatic N) is 1. The molecule has 108 valence electrons. The fourth-order valence-corrected chi connectivity index (χ4v) is 2.56. The topological polar surface area (TPSA) is 99.1 Å².